The van der Waals surface area contributed by atoms with Crippen molar-refractivity contribution >= 4 is 29.4 Å². The van der Waals surface area contributed by atoms with Crippen LogP contribution in [0.15, 0.2) is 48.5 Å². The van der Waals surface area contributed by atoms with Gasteiger partial charge >= 0.3 is 0 Å². The van der Waals surface area contributed by atoms with Gasteiger partial charge in [-0.1, -0.05) is 48.6 Å². The third-order valence-corrected chi connectivity index (χ3v) is 4.51. The van der Waals surface area contributed by atoms with Crippen LogP contribution in [0.3, 0.4) is 0 Å². The lowest BCUT2D eigenvalue weighted by Crippen LogP contribution is -2.43. The minimum atomic E-state index is 0.0977. The molecule has 2 aromatic rings. The Morgan fingerprint density at radius 2 is 1.42 bits per heavy atom. The second kappa shape index (κ2) is 6.59. The van der Waals surface area contributed by atoms with Gasteiger partial charge in [0, 0.05) is 13.1 Å². The highest BCUT2D eigenvalue weighted by atomic mass is 16.5. The number of morpholine rings is 1. The summed E-state index contributed by atoms with van der Waals surface area (Å²) in [5.41, 5.74) is 4.00. The number of carbonyl (C=O) groups is 1. The number of nitrogens with zero attached hydrogens (tertiary/aromatic N) is 2. The SMILES string of the molecule is O=C(CN1CCOCC1)N1c2ccccc2C=Cc2ccccc21. The Bertz CT molecular complexity index is 729. The van der Waals surface area contributed by atoms with E-state index < -0.39 is 0 Å². The van der Waals surface area contributed by atoms with Gasteiger partial charge < -0.3 is 4.74 Å². The van der Waals surface area contributed by atoms with Crippen LogP contribution in [0.1, 0.15) is 11.1 Å². The maximum absolute atomic E-state index is 13.2. The van der Waals surface area contributed by atoms with Gasteiger partial charge in [0.2, 0.25) is 5.91 Å². The van der Waals surface area contributed by atoms with E-state index in [1.54, 1.807) is 0 Å². The van der Waals surface area contributed by atoms with Crippen molar-refractivity contribution in [2.45, 2.75) is 0 Å². The van der Waals surface area contributed by atoms with Gasteiger partial charge in [0.1, 0.15) is 0 Å². The number of anilines is 2. The van der Waals surface area contributed by atoms with E-state index in [2.05, 4.69) is 17.1 Å². The molecule has 2 heterocycles. The maximum Gasteiger partial charge on any atom is 0.245 e. The quantitative estimate of drug-likeness (QED) is 0.852. The van der Waals surface area contributed by atoms with Crippen molar-refractivity contribution in [1.82, 2.24) is 4.90 Å². The first-order chi connectivity index (χ1) is 11.8. The fraction of sp³-hybridized carbons (Fsp3) is 0.250. The zero-order chi connectivity index (χ0) is 16.4. The van der Waals surface area contributed by atoms with Crippen LogP contribution >= 0.6 is 0 Å². The molecule has 1 fully saturated rings. The molecule has 24 heavy (non-hydrogen) atoms. The molecule has 0 N–H and O–H groups in total. The molecule has 2 aliphatic heterocycles. The lowest BCUT2D eigenvalue weighted by molar-refractivity contribution is -0.120. The Morgan fingerprint density at radius 1 is 0.875 bits per heavy atom. The molecule has 4 rings (SSSR count). The second-order valence-corrected chi connectivity index (χ2v) is 6.07. The molecule has 2 aromatic carbocycles. The number of hydrogen-bond acceptors (Lipinski definition) is 3. The van der Waals surface area contributed by atoms with Gasteiger partial charge in [-0.25, -0.2) is 0 Å². The molecule has 0 aromatic heterocycles. The monoisotopic (exact) mass is 320 g/mol. The average molecular weight is 320 g/mol. The number of amides is 1. The summed E-state index contributed by atoms with van der Waals surface area (Å²) in [6, 6.07) is 16.1. The third kappa shape index (κ3) is 2.86. The zero-order valence-corrected chi connectivity index (χ0v) is 13.5. The summed E-state index contributed by atoms with van der Waals surface area (Å²) >= 11 is 0. The highest BCUT2D eigenvalue weighted by Gasteiger charge is 2.25. The van der Waals surface area contributed by atoms with Crippen molar-refractivity contribution in [3.8, 4) is 0 Å². The summed E-state index contributed by atoms with van der Waals surface area (Å²) in [4.78, 5) is 17.2. The molecule has 0 radical (unpaired) electrons. The number of fused-ring (bicyclic) bond motifs is 2. The fourth-order valence-electron chi connectivity index (χ4n) is 3.26. The molecule has 122 valence electrons. The maximum atomic E-state index is 13.2. The number of hydrogen-bond donors (Lipinski definition) is 0. The molecule has 0 unspecified atom stereocenters. The summed E-state index contributed by atoms with van der Waals surface area (Å²) in [6.07, 6.45) is 4.16. The average Bonchev–Trinajstić information content (AvgIpc) is 2.79. The molecule has 1 saturated heterocycles. The summed E-state index contributed by atoms with van der Waals surface area (Å²) in [6.45, 7) is 3.41. The van der Waals surface area contributed by atoms with E-state index in [9.17, 15) is 4.79 Å². The first-order valence-corrected chi connectivity index (χ1v) is 8.32. The summed E-state index contributed by atoms with van der Waals surface area (Å²) < 4.78 is 5.38. The molecule has 4 nitrogen and oxygen atoms in total. The van der Waals surface area contributed by atoms with Crippen LogP contribution < -0.4 is 4.90 Å². The van der Waals surface area contributed by atoms with Gasteiger partial charge in [0.05, 0.1) is 31.1 Å². The van der Waals surface area contributed by atoms with Crippen molar-refractivity contribution in [2.24, 2.45) is 0 Å². The highest BCUT2D eigenvalue weighted by Crippen LogP contribution is 2.36. The Kier molecular flexibility index (Phi) is 4.15. The number of benzene rings is 2. The van der Waals surface area contributed by atoms with Crippen molar-refractivity contribution in [1.29, 1.82) is 0 Å². The molecule has 0 atom stereocenters. The van der Waals surface area contributed by atoms with E-state index in [1.807, 2.05) is 53.4 Å². The van der Waals surface area contributed by atoms with Crippen molar-refractivity contribution < 1.29 is 9.53 Å². The summed E-state index contributed by atoms with van der Waals surface area (Å²) in [7, 11) is 0. The molecule has 0 saturated carbocycles. The molecule has 1 amide bonds. The van der Waals surface area contributed by atoms with Crippen LogP contribution in [0.2, 0.25) is 0 Å². The van der Waals surface area contributed by atoms with E-state index >= 15 is 0 Å². The van der Waals surface area contributed by atoms with Crippen molar-refractivity contribution in [2.75, 3.05) is 37.7 Å². The van der Waals surface area contributed by atoms with Gasteiger partial charge in [-0.3, -0.25) is 14.6 Å². The largest absolute Gasteiger partial charge is 0.379 e. The van der Waals surface area contributed by atoms with E-state index in [1.165, 1.54) is 0 Å². The minimum absolute atomic E-state index is 0.0977. The standard InChI is InChI=1S/C20H20N2O2/c23-20(15-21-11-13-24-14-12-21)22-18-7-3-1-5-16(18)9-10-17-6-2-4-8-19(17)22/h1-10H,11-15H2. The van der Waals surface area contributed by atoms with Crippen LogP contribution in [0, 0.1) is 0 Å². The molecular formula is C20H20N2O2. The number of carbonyl (C=O) groups excluding carboxylic acids is 1. The first-order valence-electron chi connectivity index (χ1n) is 8.32. The Labute approximate surface area is 142 Å². The Balaban J connectivity index is 1.72. The zero-order valence-electron chi connectivity index (χ0n) is 13.5. The molecule has 2 aliphatic rings. The predicted octanol–water partition coefficient (Wildman–Crippen LogP) is 3.17. The second-order valence-electron chi connectivity index (χ2n) is 6.07. The number of para-hydroxylation sites is 2. The van der Waals surface area contributed by atoms with Crippen LogP contribution in [0.4, 0.5) is 11.4 Å². The van der Waals surface area contributed by atoms with Gasteiger partial charge in [-0.2, -0.15) is 0 Å². The van der Waals surface area contributed by atoms with Crippen molar-refractivity contribution in [3.05, 3.63) is 59.7 Å². The van der Waals surface area contributed by atoms with Crippen LogP contribution in [0.25, 0.3) is 12.2 Å². The van der Waals surface area contributed by atoms with Crippen molar-refractivity contribution in [3.63, 3.8) is 0 Å². The van der Waals surface area contributed by atoms with Gasteiger partial charge in [-0.05, 0) is 23.3 Å². The predicted molar refractivity (Wildman–Crippen MR) is 96.2 cm³/mol. The van der Waals surface area contributed by atoms with E-state index in [0.29, 0.717) is 19.8 Å². The first kappa shape index (κ1) is 15.1. The molecule has 4 heteroatoms. The Morgan fingerprint density at radius 3 is 2.00 bits per heavy atom. The summed E-state index contributed by atoms with van der Waals surface area (Å²) in [5, 5.41) is 0. The van der Waals surface area contributed by atoms with E-state index in [4.69, 9.17) is 4.74 Å². The minimum Gasteiger partial charge on any atom is -0.379 e. The van der Waals surface area contributed by atoms with Gasteiger partial charge in [0.25, 0.3) is 0 Å². The lowest BCUT2D eigenvalue weighted by Gasteiger charge is -2.30. The third-order valence-electron chi connectivity index (χ3n) is 4.51. The van der Waals surface area contributed by atoms with E-state index in [0.717, 1.165) is 35.6 Å². The fourth-order valence-corrected chi connectivity index (χ4v) is 3.26. The van der Waals surface area contributed by atoms with Crippen LogP contribution in [-0.4, -0.2) is 43.7 Å². The molecular weight excluding hydrogens is 300 g/mol. The van der Waals surface area contributed by atoms with Crippen LogP contribution in [-0.2, 0) is 9.53 Å². The number of ether oxygens (including phenoxy) is 1. The number of rotatable bonds is 2. The topological polar surface area (TPSA) is 32.8 Å². The summed E-state index contributed by atoms with van der Waals surface area (Å²) in [5.74, 6) is 0.0977. The normalized spacial score (nSPS) is 17.1. The van der Waals surface area contributed by atoms with Gasteiger partial charge in [-0.15, -0.1) is 0 Å². The smallest absolute Gasteiger partial charge is 0.245 e. The van der Waals surface area contributed by atoms with E-state index in [-0.39, 0.29) is 5.91 Å². The molecule has 0 aliphatic carbocycles. The Hall–Kier alpha value is -2.43. The molecule has 0 spiro atoms. The highest BCUT2D eigenvalue weighted by molar-refractivity contribution is 6.07. The van der Waals surface area contributed by atoms with Crippen LogP contribution in [0.5, 0.6) is 0 Å². The molecule has 0 bridgehead atoms. The lowest BCUT2D eigenvalue weighted by atomic mass is 10.1. The van der Waals surface area contributed by atoms with Gasteiger partial charge in [0.15, 0.2) is 0 Å².